The lowest BCUT2D eigenvalue weighted by atomic mass is 9.85. The number of amides is 1. The van der Waals surface area contributed by atoms with Gasteiger partial charge in [0.1, 0.15) is 18.0 Å². The molecule has 2 heterocycles. The highest BCUT2D eigenvalue weighted by atomic mass is 19.4. The molecule has 1 saturated carbocycles. The molecule has 1 N–H and O–H groups in total. The summed E-state index contributed by atoms with van der Waals surface area (Å²) in [4.78, 5) is 17.0. The topological polar surface area (TPSA) is 55.6 Å². The molecule has 0 radical (unpaired) electrons. The highest BCUT2D eigenvalue weighted by Crippen LogP contribution is 2.37. The molecule has 0 unspecified atom stereocenters. The van der Waals surface area contributed by atoms with Crippen LogP contribution < -0.4 is 10.1 Å². The number of alkyl halides is 3. The van der Waals surface area contributed by atoms with E-state index in [2.05, 4.69) is 10.3 Å². The van der Waals surface area contributed by atoms with Crippen LogP contribution in [-0.2, 0) is 6.61 Å². The summed E-state index contributed by atoms with van der Waals surface area (Å²) in [6.07, 6.45) is 0.619. The molecule has 4 rings (SSSR count). The van der Waals surface area contributed by atoms with Gasteiger partial charge in [0.2, 0.25) is 0 Å². The number of carbonyl (C=O) groups is 1. The Hall–Kier alpha value is -3.03. The Labute approximate surface area is 171 Å². The van der Waals surface area contributed by atoms with Crippen LogP contribution in [0.5, 0.6) is 5.75 Å². The quantitative estimate of drug-likeness (QED) is 0.651. The Morgan fingerprint density at radius 1 is 1.20 bits per heavy atom. The van der Waals surface area contributed by atoms with E-state index in [-0.39, 0.29) is 25.4 Å². The zero-order valence-corrected chi connectivity index (χ0v) is 16.2. The van der Waals surface area contributed by atoms with Crippen LogP contribution in [0.3, 0.4) is 0 Å². The second-order valence-electron chi connectivity index (χ2n) is 7.59. The van der Waals surface area contributed by atoms with Crippen LogP contribution in [0.15, 0.2) is 54.9 Å². The Bertz CT molecular complexity index is 999. The van der Waals surface area contributed by atoms with Gasteiger partial charge in [0.25, 0.3) is 5.91 Å². The number of halogens is 3. The Morgan fingerprint density at radius 3 is 2.87 bits per heavy atom. The summed E-state index contributed by atoms with van der Waals surface area (Å²) < 4.78 is 46.6. The van der Waals surface area contributed by atoms with Gasteiger partial charge in [-0.15, -0.1) is 0 Å². The first-order valence-corrected chi connectivity index (χ1v) is 9.91. The van der Waals surface area contributed by atoms with Crippen molar-refractivity contribution in [3.05, 3.63) is 66.1 Å². The summed E-state index contributed by atoms with van der Waals surface area (Å²) in [5.74, 6) is -1.24. The van der Waals surface area contributed by atoms with Gasteiger partial charge in [-0.1, -0.05) is 18.6 Å². The molecule has 0 saturated heterocycles. The SMILES string of the molecule is O=C(N[C@H]1CCC[C@H](C(F)(F)F)C1)c1cccc(OCc2cn3ccccc3n2)c1. The normalized spacial score (nSPS) is 19.6. The van der Waals surface area contributed by atoms with Crippen LogP contribution in [-0.4, -0.2) is 27.5 Å². The van der Waals surface area contributed by atoms with Gasteiger partial charge in [0, 0.05) is 24.0 Å². The number of fused-ring (bicyclic) bond motifs is 1. The number of nitrogens with one attached hydrogen (secondary N) is 1. The van der Waals surface area contributed by atoms with Crippen molar-refractivity contribution < 1.29 is 22.7 Å². The minimum Gasteiger partial charge on any atom is -0.487 e. The maximum atomic E-state index is 13.0. The summed E-state index contributed by atoms with van der Waals surface area (Å²) in [6.45, 7) is 0.239. The molecule has 30 heavy (non-hydrogen) atoms. The minimum atomic E-state index is -4.21. The molecule has 0 spiro atoms. The number of hydrogen-bond donors (Lipinski definition) is 1. The molecule has 5 nitrogen and oxygen atoms in total. The number of hydrogen-bond acceptors (Lipinski definition) is 3. The van der Waals surface area contributed by atoms with Gasteiger partial charge in [0.15, 0.2) is 0 Å². The third kappa shape index (κ3) is 4.75. The zero-order chi connectivity index (χ0) is 21.1. The molecule has 0 aliphatic heterocycles. The third-order valence-electron chi connectivity index (χ3n) is 5.37. The van der Waals surface area contributed by atoms with Crippen molar-refractivity contribution >= 4 is 11.6 Å². The smallest absolute Gasteiger partial charge is 0.391 e. The molecule has 1 aromatic carbocycles. The number of benzene rings is 1. The number of pyridine rings is 1. The fourth-order valence-corrected chi connectivity index (χ4v) is 3.83. The fraction of sp³-hybridized carbons (Fsp3) is 0.364. The van der Waals surface area contributed by atoms with Crippen LogP contribution in [0, 0.1) is 5.92 Å². The van der Waals surface area contributed by atoms with Gasteiger partial charge >= 0.3 is 6.18 Å². The molecule has 1 aliphatic carbocycles. The predicted molar refractivity (Wildman–Crippen MR) is 105 cm³/mol. The molecule has 3 aromatic rings. The monoisotopic (exact) mass is 417 g/mol. The first-order valence-electron chi connectivity index (χ1n) is 9.91. The van der Waals surface area contributed by atoms with E-state index < -0.39 is 18.1 Å². The van der Waals surface area contributed by atoms with Crippen molar-refractivity contribution in [2.45, 2.75) is 44.5 Å². The first kappa shape index (κ1) is 20.3. The van der Waals surface area contributed by atoms with Crippen molar-refractivity contribution in [3.8, 4) is 5.75 Å². The molecular formula is C22H22F3N3O2. The predicted octanol–water partition coefficient (Wildman–Crippen LogP) is 4.76. The molecule has 1 aliphatic rings. The summed E-state index contributed by atoms with van der Waals surface area (Å²) in [6, 6.07) is 11.9. The number of ether oxygens (including phenoxy) is 1. The van der Waals surface area contributed by atoms with Gasteiger partial charge in [0.05, 0.1) is 11.6 Å². The summed E-state index contributed by atoms with van der Waals surface area (Å²) in [7, 11) is 0. The van der Waals surface area contributed by atoms with E-state index in [1.807, 2.05) is 35.0 Å². The van der Waals surface area contributed by atoms with E-state index in [0.29, 0.717) is 24.2 Å². The van der Waals surface area contributed by atoms with Crippen LogP contribution >= 0.6 is 0 Å². The molecule has 2 aromatic heterocycles. The van der Waals surface area contributed by atoms with E-state index in [4.69, 9.17) is 4.74 Å². The van der Waals surface area contributed by atoms with Crippen molar-refractivity contribution in [2.75, 3.05) is 0 Å². The van der Waals surface area contributed by atoms with Gasteiger partial charge in [-0.2, -0.15) is 13.2 Å². The second kappa shape index (κ2) is 8.38. The number of rotatable bonds is 5. The van der Waals surface area contributed by atoms with Crippen molar-refractivity contribution in [1.29, 1.82) is 0 Å². The summed E-state index contributed by atoms with van der Waals surface area (Å²) >= 11 is 0. The second-order valence-corrected chi connectivity index (χ2v) is 7.59. The number of carbonyl (C=O) groups excluding carboxylic acids is 1. The Balaban J connectivity index is 1.37. The van der Waals surface area contributed by atoms with Gasteiger partial charge in [-0.3, -0.25) is 4.79 Å². The van der Waals surface area contributed by atoms with Gasteiger partial charge in [-0.25, -0.2) is 4.98 Å². The highest BCUT2D eigenvalue weighted by molar-refractivity contribution is 5.94. The number of aromatic nitrogens is 2. The number of nitrogens with zero attached hydrogens (tertiary/aromatic N) is 2. The molecule has 0 bridgehead atoms. The van der Waals surface area contributed by atoms with E-state index in [9.17, 15) is 18.0 Å². The minimum absolute atomic E-state index is 0.0701. The molecule has 1 amide bonds. The lowest BCUT2D eigenvalue weighted by Crippen LogP contribution is -2.41. The maximum absolute atomic E-state index is 13.0. The first-order chi connectivity index (χ1) is 14.4. The molecule has 8 heteroatoms. The average Bonchev–Trinajstić information content (AvgIpc) is 3.15. The molecule has 1 fully saturated rings. The van der Waals surface area contributed by atoms with Crippen LogP contribution in [0.4, 0.5) is 13.2 Å². The molecule has 2 atom stereocenters. The summed E-state index contributed by atoms with van der Waals surface area (Å²) in [5.41, 5.74) is 1.92. The lowest BCUT2D eigenvalue weighted by Gasteiger charge is -2.31. The largest absolute Gasteiger partial charge is 0.487 e. The zero-order valence-electron chi connectivity index (χ0n) is 16.2. The van der Waals surface area contributed by atoms with Gasteiger partial charge in [-0.05, 0) is 49.6 Å². The van der Waals surface area contributed by atoms with Crippen molar-refractivity contribution in [1.82, 2.24) is 14.7 Å². The van der Waals surface area contributed by atoms with Gasteiger partial charge < -0.3 is 14.5 Å². The fourth-order valence-electron chi connectivity index (χ4n) is 3.83. The average molecular weight is 417 g/mol. The molecular weight excluding hydrogens is 395 g/mol. The van der Waals surface area contributed by atoms with Crippen LogP contribution in [0.2, 0.25) is 0 Å². The van der Waals surface area contributed by atoms with E-state index in [0.717, 1.165) is 11.3 Å². The maximum Gasteiger partial charge on any atom is 0.391 e. The van der Waals surface area contributed by atoms with Crippen LogP contribution in [0.1, 0.15) is 41.7 Å². The standard InChI is InChI=1S/C22H22F3N3O2/c23-22(24,25)16-6-4-7-17(12-16)27-21(29)15-5-3-8-19(11-15)30-14-18-13-28-10-2-1-9-20(28)26-18/h1-3,5,8-11,13,16-17H,4,6-7,12,14H2,(H,27,29)/t16-,17-/m0/s1. The highest BCUT2D eigenvalue weighted by Gasteiger charge is 2.42. The summed E-state index contributed by atoms with van der Waals surface area (Å²) in [5, 5.41) is 2.75. The van der Waals surface area contributed by atoms with E-state index >= 15 is 0 Å². The van der Waals surface area contributed by atoms with Crippen LogP contribution in [0.25, 0.3) is 5.65 Å². The number of imidazole rings is 1. The third-order valence-corrected chi connectivity index (χ3v) is 5.37. The van der Waals surface area contributed by atoms with Crippen molar-refractivity contribution in [2.24, 2.45) is 5.92 Å². The Kier molecular flexibility index (Phi) is 5.65. The molecule has 158 valence electrons. The van der Waals surface area contributed by atoms with E-state index in [1.54, 1.807) is 24.3 Å². The Morgan fingerprint density at radius 2 is 2.07 bits per heavy atom. The lowest BCUT2D eigenvalue weighted by molar-refractivity contribution is -0.183. The van der Waals surface area contributed by atoms with E-state index in [1.165, 1.54) is 0 Å². The van der Waals surface area contributed by atoms with Crippen molar-refractivity contribution in [3.63, 3.8) is 0 Å².